The molecule has 0 saturated heterocycles. The van der Waals surface area contributed by atoms with E-state index in [-0.39, 0.29) is 5.48 Å². The van der Waals surface area contributed by atoms with Gasteiger partial charge in [0.2, 0.25) is 0 Å². The van der Waals surface area contributed by atoms with Crippen LogP contribution in [-0.2, 0) is 11.0 Å². The second-order valence-corrected chi connectivity index (χ2v) is 2.37. The normalized spacial score (nSPS) is 7.92. The van der Waals surface area contributed by atoms with Gasteiger partial charge in [-0.25, -0.2) is 8.42 Å². The number of benzene rings is 1. The van der Waals surface area contributed by atoms with Crippen LogP contribution in [0.25, 0.3) is 0 Å². The van der Waals surface area contributed by atoms with Gasteiger partial charge >= 0.3 is 0 Å². The van der Waals surface area contributed by atoms with E-state index in [2.05, 4.69) is 19.1 Å². The fourth-order valence-electron chi connectivity index (χ4n) is 0.534. The van der Waals surface area contributed by atoms with Crippen LogP contribution in [0.5, 0.6) is 0 Å². The highest BCUT2D eigenvalue weighted by molar-refractivity contribution is 7.66. The van der Waals surface area contributed by atoms with Crippen LogP contribution in [0.3, 0.4) is 0 Å². The van der Waals surface area contributed by atoms with Crippen molar-refractivity contribution in [2.75, 3.05) is 0 Å². The van der Waals surface area contributed by atoms with E-state index in [1.54, 1.807) is 0 Å². The molecule has 5 heteroatoms. The van der Waals surface area contributed by atoms with E-state index in [9.17, 15) is 0 Å². The molecule has 0 aliphatic heterocycles. The zero-order valence-corrected chi connectivity index (χ0v) is 7.49. The lowest BCUT2D eigenvalue weighted by atomic mass is 10.2. The molecule has 1 rings (SSSR count). The van der Waals surface area contributed by atoms with Crippen molar-refractivity contribution in [2.45, 2.75) is 6.92 Å². The largest absolute Gasteiger partial charge is 0.412 e. The smallest absolute Gasteiger partial charge is 0.254 e. The Morgan fingerprint density at radius 1 is 1.17 bits per heavy atom. The Morgan fingerprint density at radius 2 is 1.50 bits per heavy atom. The second kappa shape index (κ2) is 8.19. The van der Waals surface area contributed by atoms with E-state index < -0.39 is 11.0 Å². The Balaban J connectivity index is 0. The highest BCUT2D eigenvalue weighted by Gasteiger charge is 1.72. The van der Waals surface area contributed by atoms with Crippen LogP contribution in [0.2, 0.25) is 0 Å². The lowest BCUT2D eigenvalue weighted by Gasteiger charge is -1.82. The summed E-state index contributed by atoms with van der Waals surface area (Å²) in [4.78, 5) is 0. The van der Waals surface area contributed by atoms with Crippen LogP contribution < -0.4 is 0 Å². The zero-order valence-electron chi connectivity index (χ0n) is 6.60. The Bertz CT molecular complexity index is 247. The molecule has 3 N–H and O–H groups in total. The summed E-state index contributed by atoms with van der Waals surface area (Å²) in [6.45, 7) is 2.08. The minimum Gasteiger partial charge on any atom is -0.412 e. The third kappa shape index (κ3) is 11.8. The summed E-state index contributed by atoms with van der Waals surface area (Å²) in [6, 6.07) is 10.3. The molecule has 1 aromatic rings. The SMILES string of the molecule is Cc1ccccc1.O.O=[SH](=O)O. The van der Waals surface area contributed by atoms with Gasteiger partial charge in [-0.05, 0) is 6.92 Å². The van der Waals surface area contributed by atoms with E-state index in [1.165, 1.54) is 5.56 Å². The Kier molecular flexibility index (Phi) is 9.32. The number of aryl methyl sites for hydroxylation is 1. The van der Waals surface area contributed by atoms with Crippen molar-refractivity contribution in [1.82, 2.24) is 0 Å². The molecule has 70 valence electrons. The Morgan fingerprint density at radius 3 is 1.67 bits per heavy atom. The highest BCUT2D eigenvalue weighted by atomic mass is 32.2. The Hall–Kier alpha value is -0.910. The molecule has 0 heterocycles. The Labute approximate surface area is 72.9 Å². The lowest BCUT2D eigenvalue weighted by Crippen LogP contribution is -1.62. The lowest BCUT2D eigenvalue weighted by molar-refractivity contribution is 0.509. The standard InChI is InChI=1S/C7H8.H2O3S.H2O/c1-7-5-3-2-4-6-7;1-4(2)3;/h2-6H,1H3;4H,(H,1,2,3);1H2. The molecule has 0 spiro atoms. The van der Waals surface area contributed by atoms with Gasteiger partial charge in [0.1, 0.15) is 0 Å². The van der Waals surface area contributed by atoms with Crippen LogP contribution in [-0.4, -0.2) is 18.4 Å². The quantitative estimate of drug-likeness (QED) is 0.456. The van der Waals surface area contributed by atoms with Gasteiger partial charge in [-0.1, -0.05) is 35.9 Å². The predicted octanol–water partition coefficient (Wildman–Crippen LogP) is 0.241. The maximum Gasteiger partial charge on any atom is 0.254 e. The van der Waals surface area contributed by atoms with E-state index >= 15 is 0 Å². The molecule has 0 amide bonds. The molecule has 0 aliphatic carbocycles. The van der Waals surface area contributed by atoms with Gasteiger partial charge < -0.3 is 5.48 Å². The third-order valence-electron chi connectivity index (χ3n) is 0.940. The minimum atomic E-state index is -3.12. The van der Waals surface area contributed by atoms with Gasteiger partial charge in [0.15, 0.2) is 0 Å². The van der Waals surface area contributed by atoms with Crippen molar-refractivity contribution < 1.29 is 18.4 Å². The number of hydrogen-bond acceptors (Lipinski definition) is 2. The van der Waals surface area contributed by atoms with Crippen molar-refractivity contribution >= 4 is 11.0 Å². The molecule has 0 atom stereocenters. The molecular formula is C7H12O4S. The fourth-order valence-corrected chi connectivity index (χ4v) is 0.534. The van der Waals surface area contributed by atoms with Crippen LogP contribution >= 0.6 is 0 Å². The molecule has 4 nitrogen and oxygen atoms in total. The maximum absolute atomic E-state index is 8.59. The number of rotatable bonds is 0. The topological polar surface area (TPSA) is 85.9 Å². The second-order valence-electron chi connectivity index (χ2n) is 1.89. The summed E-state index contributed by atoms with van der Waals surface area (Å²) >= 11 is 0. The number of hydrogen-bond donors (Lipinski definition) is 2. The van der Waals surface area contributed by atoms with E-state index in [4.69, 9.17) is 13.0 Å². The van der Waals surface area contributed by atoms with Gasteiger partial charge in [-0.15, -0.1) is 0 Å². The molecule has 0 aromatic heterocycles. The first-order chi connectivity index (χ1) is 5.13. The zero-order chi connectivity index (χ0) is 8.69. The van der Waals surface area contributed by atoms with Crippen LogP contribution in [0.15, 0.2) is 30.3 Å². The van der Waals surface area contributed by atoms with Crippen LogP contribution in [0.4, 0.5) is 0 Å². The van der Waals surface area contributed by atoms with Crippen molar-refractivity contribution in [3.63, 3.8) is 0 Å². The van der Waals surface area contributed by atoms with Gasteiger partial charge in [-0.2, -0.15) is 0 Å². The van der Waals surface area contributed by atoms with Gasteiger partial charge in [-0.3, -0.25) is 4.55 Å². The molecule has 0 unspecified atom stereocenters. The minimum absolute atomic E-state index is 0. The molecule has 0 radical (unpaired) electrons. The molecule has 0 fully saturated rings. The van der Waals surface area contributed by atoms with E-state index in [0.29, 0.717) is 0 Å². The van der Waals surface area contributed by atoms with E-state index in [0.717, 1.165) is 0 Å². The summed E-state index contributed by atoms with van der Waals surface area (Å²) in [5.41, 5.74) is 1.32. The average Bonchev–Trinajstić information content (AvgIpc) is 1.87. The van der Waals surface area contributed by atoms with Crippen molar-refractivity contribution in [1.29, 1.82) is 0 Å². The third-order valence-corrected chi connectivity index (χ3v) is 0.940. The molecule has 1 aromatic carbocycles. The summed E-state index contributed by atoms with van der Waals surface area (Å²) < 4.78 is 24.2. The van der Waals surface area contributed by atoms with Gasteiger partial charge in [0, 0.05) is 0 Å². The number of thiol groups is 1. The molecule has 0 aliphatic rings. The first-order valence-electron chi connectivity index (χ1n) is 2.98. The monoisotopic (exact) mass is 192 g/mol. The fraction of sp³-hybridized carbons (Fsp3) is 0.143. The maximum atomic E-state index is 8.59. The van der Waals surface area contributed by atoms with Crippen LogP contribution in [0.1, 0.15) is 5.56 Å². The summed E-state index contributed by atoms with van der Waals surface area (Å²) in [7, 11) is -3.12. The predicted molar refractivity (Wildman–Crippen MR) is 47.7 cm³/mol. The molecule has 0 bridgehead atoms. The van der Waals surface area contributed by atoms with Crippen molar-refractivity contribution in [2.24, 2.45) is 0 Å². The van der Waals surface area contributed by atoms with Crippen molar-refractivity contribution in [3.05, 3.63) is 35.9 Å². The summed E-state index contributed by atoms with van der Waals surface area (Å²) in [5, 5.41) is 0. The van der Waals surface area contributed by atoms with Crippen molar-refractivity contribution in [3.8, 4) is 0 Å². The molecular weight excluding hydrogens is 180 g/mol. The highest BCUT2D eigenvalue weighted by Crippen LogP contribution is 1.92. The average molecular weight is 192 g/mol. The first-order valence-corrected chi connectivity index (χ1v) is 4.11. The van der Waals surface area contributed by atoms with Gasteiger partial charge in [0.25, 0.3) is 11.0 Å². The molecule has 0 saturated carbocycles. The first kappa shape index (κ1) is 13.7. The van der Waals surface area contributed by atoms with Gasteiger partial charge in [0.05, 0.1) is 0 Å². The summed E-state index contributed by atoms with van der Waals surface area (Å²) in [5.74, 6) is 0. The summed E-state index contributed by atoms with van der Waals surface area (Å²) in [6.07, 6.45) is 0. The molecule has 12 heavy (non-hydrogen) atoms. The van der Waals surface area contributed by atoms with Crippen LogP contribution in [0, 0.1) is 6.92 Å². The van der Waals surface area contributed by atoms with E-state index in [1.807, 2.05) is 18.2 Å².